The fourth-order valence-corrected chi connectivity index (χ4v) is 5.67. The number of carbonyl (C=O) groups is 2. The van der Waals surface area contributed by atoms with Gasteiger partial charge in [0, 0.05) is 31.3 Å². The second-order valence-electron chi connectivity index (χ2n) is 12.1. The molecule has 0 aromatic rings. The summed E-state index contributed by atoms with van der Waals surface area (Å²) in [7, 11) is 0. The van der Waals surface area contributed by atoms with Gasteiger partial charge in [-0.1, -0.05) is 80.2 Å². The summed E-state index contributed by atoms with van der Waals surface area (Å²) < 4.78 is 23.4. The van der Waals surface area contributed by atoms with Crippen molar-refractivity contribution in [2.45, 2.75) is 109 Å². The van der Waals surface area contributed by atoms with Gasteiger partial charge in [-0.3, -0.25) is 0 Å². The number of hydrogen-bond donors (Lipinski definition) is 3. The third-order valence-electron chi connectivity index (χ3n) is 8.58. The zero-order valence-corrected chi connectivity index (χ0v) is 26.4. The smallest absolute Gasteiger partial charge is 0.335 e. The van der Waals surface area contributed by atoms with E-state index in [0.717, 1.165) is 5.57 Å². The first-order valence-corrected chi connectivity index (χ1v) is 15.7. The van der Waals surface area contributed by atoms with Crippen LogP contribution in [0.15, 0.2) is 72.4 Å². The maximum atomic E-state index is 12.9. The van der Waals surface area contributed by atoms with E-state index in [9.17, 15) is 24.9 Å². The van der Waals surface area contributed by atoms with Gasteiger partial charge in [-0.25, -0.2) is 9.59 Å². The lowest BCUT2D eigenvalue weighted by atomic mass is 9.73. The molecule has 0 aromatic heterocycles. The highest BCUT2D eigenvalue weighted by Crippen LogP contribution is 2.41. The van der Waals surface area contributed by atoms with E-state index >= 15 is 0 Å². The lowest BCUT2D eigenvalue weighted by molar-refractivity contribution is -0.198. The summed E-state index contributed by atoms with van der Waals surface area (Å²) in [5, 5.41) is 31.1. The van der Waals surface area contributed by atoms with Crippen molar-refractivity contribution in [1.82, 2.24) is 0 Å². The monoisotopic (exact) mass is 614 g/mol. The first kappa shape index (κ1) is 35.7. The highest BCUT2D eigenvalue weighted by molar-refractivity contribution is 5.82. The summed E-state index contributed by atoms with van der Waals surface area (Å²) in [6, 6.07) is 0. The van der Waals surface area contributed by atoms with Crippen molar-refractivity contribution in [1.29, 1.82) is 0 Å². The molecule has 9 atom stereocenters. The van der Waals surface area contributed by atoms with E-state index in [4.69, 9.17) is 18.9 Å². The average molecular weight is 615 g/mol. The van der Waals surface area contributed by atoms with Crippen LogP contribution in [0.25, 0.3) is 0 Å². The molecule has 2 fully saturated rings. The van der Waals surface area contributed by atoms with E-state index in [0.29, 0.717) is 32.1 Å². The van der Waals surface area contributed by atoms with E-state index in [2.05, 4.69) is 6.08 Å². The van der Waals surface area contributed by atoms with Crippen LogP contribution in [0, 0.1) is 11.3 Å². The van der Waals surface area contributed by atoms with Crippen LogP contribution in [0.4, 0.5) is 0 Å². The van der Waals surface area contributed by atoms with Gasteiger partial charge in [-0.05, 0) is 33.1 Å². The fourth-order valence-electron chi connectivity index (χ4n) is 5.67. The molecule has 9 nitrogen and oxygen atoms in total. The standard InChI is InChI=1S/C35H50O9/c1-5-41-34(40)28(37)17-12-13-18-31-35(4,23-36)32-22-27(43-31)16-9-6-8-14-24(2)20-30-25(3)29(38)21-26(42-30)15-10-7-11-19-33(39)44-32/h7-14,16,19-20,25-32,36-38H,5-6,15,17-18,21-23H2,1-4H3/b10-7-,13-12?,14-8-,16-9-,19-11-,24-20?/t25-,26+,27-,28-,29+,30-,31+,32-,35+/m1/s1. The van der Waals surface area contributed by atoms with E-state index in [1.807, 2.05) is 51.2 Å². The molecule has 0 unspecified atom stereocenters. The lowest BCUT2D eigenvalue weighted by Gasteiger charge is -2.47. The van der Waals surface area contributed by atoms with Crippen molar-refractivity contribution < 1.29 is 43.9 Å². The van der Waals surface area contributed by atoms with Gasteiger partial charge in [-0.2, -0.15) is 0 Å². The van der Waals surface area contributed by atoms with Crippen molar-refractivity contribution in [3.05, 3.63) is 72.4 Å². The van der Waals surface area contributed by atoms with Crippen LogP contribution in [0.3, 0.4) is 0 Å². The number of aliphatic hydroxyl groups excluding tert-OH is 3. The minimum Gasteiger partial charge on any atom is -0.464 e. The Hall–Kier alpha value is -2.82. The third-order valence-corrected chi connectivity index (χ3v) is 8.58. The van der Waals surface area contributed by atoms with Gasteiger partial charge in [0.2, 0.25) is 0 Å². The molecule has 4 bridgehead atoms. The molecule has 244 valence electrons. The van der Waals surface area contributed by atoms with Crippen molar-refractivity contribution >= 4 is 11.9 Å². The van der Waals surface area contributed by atoms with Crippen LogP contribution >= 0.6 is 0 Å². The summed E-state index contributed by atoms with van der Waals surface area (Å²) >= 11 is 0. The van der Waals surface area contributed by atoms with E-state index in [1.54, 1.807) is 31.2 Å². The molecule has 0 spiro atoms. The van der Waals surface area contributed by atoms with Gasteiger partial charge in [-0.15, -0.1) is 0 Å². The van der Waals surface area contributed by atoms with Crippen LogP contribution in [0.1, 0.15) is 66.2 Å². The summed E-state index contributed by atoms with van der Waals surface area (Å²) in [4.78, 5) is 24.6. The molecule has 0 saturated carbocycles. The zero-order chi connectivity index (χ0) is 32.1. The molecule has 0 aromatic carbocycles. The predicted molar refractivity (Wildman–Crippen MR) is 167 cm³/mol. The summed E-state index contributed by atoms with van der Waals surface area (Å²) in [6.07, 6.45) is 19.4. The second kappa shape index (κ2) is 17.6. The van der Waals surface area contributed by atoms with Gasteiger partial charge < -0.3 is 34.3 Å². The Bertz CT molecular complexity index is 1120. The van der Waals surface area contributed by atoms with Crippen LogP contribution in [0.5, 0.6) is 0 Å². The Balaban J connectivity index is 1.80. The molecule has 2 saturated heterocycles. The van der Waals surface area contributed by atoms with Crippen LogP contribution in [-0.4, -0.2) is 83.2 Å². The van der Waals surface area contributed by atoms with Crippen LogP contribution in [-0.2, 0) is 28.5 Å². The average Bonchev–Trinajstić information content (AvgIpc) is 2.98. The van der Waals surface area contributed by atoms with Crippen LogP contribution < -0.4 is 0 Å². The number of hydrogen-bond acceptors (Lipinski definition) is 9. The molecule has 9 heteroatoms. The van der Waals surface area contributed by atoms with Gasteiger partial charge in [0.05, 0.1) is 49.1 Å². The first-order valence-electron chi connectivity index (χ1n) is 15.7. The molecule has 0 radical (unpaired) electrons. The van der Waals surface area contributed by atoms with Crippen LogP contribution in [0.2, 0.25) is 0 Å². The summed E-state index contributed by atoms with van der Waals surface area (Å²) in [5.41, 5.74) is 0.162. The number of allylic oxidation sites excluding steroid dienone is 6. The summed E-state index contributed by atoms with van der Waals surface area (Å²) in [5.74, 6) is -1.21. The minimum atomic E-state index is -1.25. The molecule has 3 aliphatic rings. The van der Waals surface area contributed by atoms with Gasteiger partial charge in [0.15, 0.2) is 6.10 Å². The SMILES string of the molecule is CCOC(=O)[C@H](O)CC=CC[C@@H]1O[C@@H]2/C=C\C/C=C\C(C)=C[C@H]3O[C@@H](C/C=C\C=C/C(=O)O[C@H](C2)[C@@]1(C)CO)C[C@H](O)[C@H]3C. The fraction of sp³-hybridized carbons (Fsp3) is 0.600. The number of fused-ring (bicyclic) bond motifs is 4. The van der Waals surface area contributed by atoms with Gasteiger partial charge in [0.1, 0.15) is 6.10 Å². The van der Waals surface area contributed by atoms with E-state index < -0.39 is 41.8 Å². The van der Waals surface area contributed by atoms with Crippen molar-refractivity contribution in [3.8, 4) is 0 Å². The first-order chi connectivity index (χ1) is 21.1. The highest BCUT2D eigenvalue weighted by atomic mass is 16.6. The maximum absolute atomic E-state index is 12.9. The Labute approximate surface area is 261 Å². The number of esters is 2. The molecular formula is C35H50O9. The minimum absolute atomic E-state index is 0.0163. The van der Waals surface area contributed by atoms with Gasteiger partial charge >= 0.3 is 11.9 Å². The van der Waals surface area contributed by atoms with Crippen molar-refractivity contribution in [3.63, 3.8) is 0 Å². The van der Waals surface area contributed by atoms with E-state index in [-0.39, 0.29) is 43.9 Å². The highest BCUT2D eigenvalue weighted by Gasteiger charge is 2.49. The second-order valence-corrected chi connectivity index (χ2v) is 12.1. The molecule has 3 aliphatic heterocycles. The quantitative estimate of drug-likeness (QED) is 0.281. The largest absolute Gasteiger partial charge is 0.464 e. The predicted octanol–water partition coefficient (Wildman–Crippen LogP) is 4.43. The topological polar surface area (TPSA) is 132 Å². The third kappa shape index (κ3) is 10.4. The Morgan fingerprint density at radius 2 is 1.95 bits per heavy atom. The Kier molecular flexibility index (Phi) is 14.3. The lowest BCUT2D eigenvalue weighted by Crippen LogP contribution is -2.55. The molecular weight excluding hydrogens is 564 g/mol. The maximum Gasteiger partial charge on any atom is 0.335 e. The van der Waals surface area contributed by atoms with E-state index in [1.165, 1.54) is 6.08 Å². The molecule has 0 amide bonds. The molecule has 44 heavy (non-hydrogen) atoms. The number of rotatable bonds is 7. The number of ether oxygens (including phenoxy) is 4. The van der Waals surface area contributed by atoms with Gasteiger partial charge in [0.25, 0.3) is 0 Å². The Morgan fingerprint density at radius 1 is 1.16 bits per heavy atom. The Morgan fingerprint density at radius 3 is 2.70 bits per heavy atom. The van der Waals surface area contributed by atoms with Crippen molar-refractivity contribution in [2.24, 2.45) is 11.3 Å². The molecule has 0 aliphatic carbocycles. The normalized spacial score (nSPS) is 37.2. The molecule has 3 heterocycles. The zero-order valence-electron chi connectivity index (χ0n) is 26.4. The molecule has 3 rings (SSSR count). The molecule has 3 N–H and O–H groups in total. The number of aliphatic hydroxyl groups is 3. The number of carbonyl (C=O) groups excluding carboxylic acids is 2. The summed E-state index contributed by atoms with van der Waals surface area (Å²) in [6.45, 7) is 7.46. The van der Waals surface area contributed by atoms with Crippen molar-refractivity contribution in [2.75, 3.05) is 13.2 Å².